The van der Waals surface area contributed by atoms with Gasteiger partial charge in [0.2, 0.25) is 0 Å². The molecule has 0 aromatic carbocycles. The molecule has 1 aromatic rings. The third-order valence-corrected chi connectivity index (χ3v) is 3.96. The van der Waals surface area contributed by atoms with Crippen molar-refractivity contribution >= 4 is 11.3 Å². The Bertz CT molecular complexity index is 243. The van der Waals surface area contributed by atoms with Crippen molar-refractivity contribution in [3.8, 4) is 0 Å². The molecule has 15 heavy (non-hydrogen) atoms. The van der Waals surface area contributed by atoms with Gasteiger partial charge in [-0.25, -0.2) is 0 Å². The van der Waals surface area contributed by atoms with Gasteiger partial charge in [-0.2, -0.15) is 0 Å². The van der Waals surface area contributed by atoms with Crippen LogP contribution in [0.1, 0.15) is 38.5 Å². The van der Waals surface area contributed by atoms with Crippen molar-refractivity contribution in [2.24, 2.45) is 5.92 Å². The molecule has 2 atom stereocenters. The molecule has 0 spiro atoms. The van der Waals surface area contributed by atoms with Crippen LogP contribution in [-0.2, 0) is 6.42 Å². The minimum absolute atomic E-state index is 0.690. The molecule has 1 rings (SSSR count). The van der Waals surface area contributed by atoms with Gasteiger partial charge < -0.3 is 5.32 Å². The molecule has 0 aliphatic heterocycles. The Morgan fingerprint density at radius 1 is 1.40 bits per heavy atom. The predicted octanol–water partition coefficient (Wildman–Crippen LogP) is 3.70. The smallest absolute Gasteiger partial charge is 0.00900 e. The van der Waals surface area contributed by atoms with Gasteiger partial charge in [-0.1, -0.05) is 26.8 Å². The van der Waals surface area contributed by atoms with Crippen LogP contribution in [0.15, 0.2) is 17.5 Å². The maximum absolute atomic E-state index is 3.57. The molecule has 1 heterocycles. The highest BCUT2D eigenvalue weighted by molar-refractivity contribution is 7.09. The molecular formula is C13H23NS. The molecule has 1 aromatic heterocycles. The molecule has 0 aliphatic carbocycles. The molecule has 0 saturated carbocycles. The number of rotatable bonds is 7. The fraction of sp³-hybridized carbons (Fsp3) is 0.692. The largest absolute Gasteiger partial charge is 0.314 e. The van der Waals surface area contributed by atoms with Crippen LogP contribution >= 0.6 is 11.3 Å². The SMILES string of the molecule is CCNC(CC)C(C)CCc1cccs1. The first-order valence-corrected chi connectivity index (χ1v) is 6.91. The van der Waals surface area contributed by atoms with Crippen molar-refractivity contribution in [2.45, 2.75) is 46.1 Å². The Hall–Kier alpha value is -0.340. The van der Waals surface area contributed by atoms with E-state index in [0.717, 1.165) is 12.5 Å². The second-order valence-electron chi connectivity index (χ2n) is 4.17. The molecule has 1 N–H and O–H groups in total. The van der Waals surface area contributed by atoms with Crippen LogP contribution < -0.4 is 5.32 Å². The van der Waals surface area contributed by atoms with E-state index in [1.54, 1.807) is 0 Å². The van der Waals surface area contributed by atoms with Crippen LogP contribution in [-0.4, -0.2) is 12.6 Å². The lowest BCUT2D eigenvalue weighted by Gasteiger charge is -2.23. The Kier molecular flexibility index (Phi) is 5.96. The fourth-order valence-corrected chi connectivity index (χ4v) is 2.76. The average molecular weight is 225 g/mol. The summed E-state index contributed by atoms with van der Waals surface area (Å²) in [6.07, 6.45) is 3.77. The minimum Gasteiger partial charge on any atom is -0.314 e. The summed E-state index contributed by atoms with van der Waals surface area (Å²) >= 11 is 1.88. The lowest BCUT2D eigenvalue weighted by Crippen LogP contribution is -2.34. The number of nitrogens with one attached hydrogen (secondary N) is 1. The van der Waals surface area contributed by atoms with E-state index in [0.29, 0.717) is 6.04 Å². The normalized spacial score (nSPS) is 15.1. The van der Waals surface area contributed by atoms with Crippen LogP contribution in [0.5, 0.6) is 0 Å². The van der Waals surface area contributed by atoms with Crippen molar-refractivity contribution in [3.05, 3.63) is 22.4 Å². The maximum Gasteiger partial charge on any atom is 0.00900 e. The quantitative estimate of drug-likeness (QED) is 0.746. The summed E-state index contributed by atoms with van der Waals surface area (Å²) in [6.45, 7) is 7.91. The summed E-state index contributed by atoms with van der Waals surface area (Å²) in [4.78, 5) is 1.52. The zero-order valence-corrected chi connectivity index (χ0v) is 10.9. The Morgan fingerprint density at radius 3 is 2.73 bits per heavy atom. The third kappa shape index (κ3) is 4.35. The number of thiophene rings is 1. The Morgan fingerprint density at radius 2 is 2.20 bits per heavy atom. The van der Waals surface area contributed by atoms with E-state index in [9.17, 15) is 0 Å². The first-order valence-electron chi connectivity index (χ1n) is 6.03. The molecule has 0 bridgehead atoms. The average Bonchev–Trinajstić information content (AvgIpc) is 2.75. The van der Waals surface area contributed by atoms with Gasteiger partial charge in [-0.05, 0) is 43.2 Å². The lowest BCUT2D eigenvalue weighted by molar-refractivity contribution is 0.355. The van der Waals surface area contributed by atoms with Crippen molar-refractivity contribution in [3.63, 3.8) is 0 Å². The lowest BCUT2D eigenvalue weighted by atomic mass is 9.94. The summed E-state index contributed by atoms with van der Waals surface area (Å²) in [7, 11) is 0. The summed E-state index contributed by atoms with van der Waals surface area (Å²) in [5, 5.41) is 5.73. The standard InChI is InChI=1S/C13H23NS/c1-4-13(14-5-2)11(3)8-9-12-7-6-10-15-12/h6-7,10-11,13-14H,4-5,8-9H2,1-3H3. The van der Waals surface area contributed by atoms with Crippen LogP contribution in [0.3, 0.4) is 0 Å². The van der Waals surface area contributed by atoms with Gasteiger partial charge in [0.1, 0.15) is 0 Å². The van der Waals surface area contributed by atoms with Crippen molar-refractivity contribution in [2.75, 3.05) is 6.54 Å². The molecule has 1 nitrogen and oxygen atoms in total. The summed E-state index contributed by atoms with van der Waals surface area (Å²) in [5.41, 5.74) is 0. The second kappa shape index (κ2) is 7.02. The van der Waals surface area contributed by atoms with Crippen LogP contribution in [0.25, 0.3) is 0 Å². The first-order chi connectivity index (χ1) is 7.27. The first kappa shape index (κ1) is 12.7. The van der Waals surface area contributed by atoms with E-state index in [2.05, 4.69) is 43.6 Å². The van der Waals surface area contributed by atoms with Gasteiger partial charge in [0.25, 0.3) is 0 Å². The van der Waals surface area contributed by atoms with E-state index in [4.69, 9.17) is 0 Å². The zero-order chi connectivity index (χ0) is 11.1. The number of aryl methyl sites for hydroxylation is 1. The molecule has 2 heteroatoms. The van der Waals surface area contributed by atoms with Crippen molar-refractivity contribution in [1.82, 2.24) is 5.32 Å². The monoisotopic (exact) mass is 225 g/mol. The van der Waals surface area contributed by atoms with Crippen LogP contribution in [0.4, 0.5) is 0 Å². The van der Waals surface area contributed by atoms with E-state index in [1.807, 2.05) is 11.3 Å². The molecule has 0 aliphatic rings. The van der Waals surface area contributed by atoms with Gasteiger partial charge in [-0.15, -0.1) is 11.3 Å². The van der Waals surface area contributed by atoms with Gasteiger partial charge >= 0.3 is 0 Å². The molecular weight excluding hydrogens is 202 g/mol. The van der Waals surface area contributed by atoms with Crippen molar-refractivity contribution in [1.29, 1.82) is 0 Å². The van der Waals surface area contributed by atoms with E-state index in [1.165, 1.54) is 24.1 Å². The van der Waals surface area contributed by atoms with Crippen molar-refractivity contribution < 1.29 is 0 Å². The van der Waals surface area contributed by atoms with Crippen LogP contribution in [0.2, 0.25) is 0 Å². The summed E-state index contributed by atoms with van der Waals surface area (Å²) in [6, 6.07) is 5.08. The van der Waals surface area contributed by atoms with Gasteiger partial charge in [0, 0.05) is 10.9 Å². The van der Waals surface area contributed by atoms with E-state index >= 15 is 0 Å². The number of hydrogen-bond donors (Lipinski definition) is 1. The Balaban J connectivity index is 2.30. The van der Waals surface area contributed by atoms with Gasteiger partial charge in [-0.3, -0.25) is 0 Å². The molecule has 86 valence electrons. The zero-order valence-electron chi connectivity index (χ0n) is 10.1. The predicted molar refractivity (Wildman–Crippen MR) is 69.6 cm³/mol. The maximum atomic E-state index is 3.57. The van der Waals surface area contributed by atoms with Gasteiger partial charge in [0.05, 0.1) is 0 Å². The summed E-state index contributed by atoms with van der Waals surface area (Å²) in [5.74, 6) is 0.775. The highest BCUT2D eigenvalue weighted by Crippen LogP contribution is 2.17. The Labute approximate surface area is 97.9 Å². The van der Waals surface area contributed by atoms with E-state index in [-0.39, 0.29) is 0 Å². The summed E-state index contributed by atoms with van der Waals surface area (Å²) < 4.78 is 0. The minimum atomic E-state index is 0.690. The number of hydrogen-bond acceptors (Lipinski definition) is 2. The fourth-order valence-electron chi connectivity index (χ4n) is 2.04. The van der Waals surface area contributed by atoms with Crippen LogP contribution in [0, 0.1) is 5.92 Å². The highest BCUT2D eigenvalue weighted by atomic mass is 32.1. The third-order valence-electron chi connectivity index (χ3n) is 3.02. The van der Waals surface area contributed by atoms with Gasteiger partial charge in [0.15, 0.2) is 0 Å². The molecule has 2 unspecified atom stereocenters. The highest BCUT2D eigenvalue weighted by Gasteiger charge is 2.13. The molecule has 0 saturated heterocycles. The topological polar surface area (TPSA) is 12.0 Å². The molecule has 0 fully saturated rings. The molecule has 0 radical (unpaired) electrons. The second-order valence-corrected chi connectivity index (χ2v) is 5.20. The molecule has 0 amide bonds. The van der Waals surface area contributed by atoms with E-state index < -0.39 is 0 Å².